The van der Waals surface area contributed by atoms with Gasteiger partial charge in [-0.2, -0.15) is 4.31 Å². The molecule has 158 valence electrons. The number of para-hydroxylation sites is 1. The van der Waals surface area contributed by atoms with Crippen molar-refractivity contribution in [1.82, 2.24) is 14.5 Å². The second-order valence-electron chi connectivity index (χ2n) is 7.47. The molecule has 1 saturated heterocycles. The van der Waals surface area contributed by atoms with Crippen molar-refractivity contribution in [2.75, 3.05) is 31.5 Å². The Morgan fingerprint density at radius 2 is 1.79 bits per heavy atom. The summed E-state index contributed by atoms with van der Waals surface area (Å²) >= 11 is 0. The maximum atomic E-state index is 12.5. The molecule has 10 heteroatoms. The highest BCUT2D eigenvalue weighted by Crippen LogP contribution is 2.20. The third-order valence-electron chi connectivity index (χ3n) is 5.25. The number of benzene rings is 1. The average Bonchev–Trinajstić information content (AvgIpc) is 2.82. The summed E-state index contributed by atoms with van der Waals surface area (Å²) in [5.41, 5.74) is 0.837. The summed E-state index contributed by atoms with van der Waals surface area (Å²) in [6, 6.07) is 5.93. The lowest BCUT2D eigenvalue weighted by molar-refractivity contribution is -0.132. The number of nitrogens with zero attached hydrogens (tertiary/aromatic N) is 2. The molecule has 0 spiro atoms. The van der Waals surface area contributed by atoms with Gasteiger partial charge in [0, 0.05) is 32.6 Å². The van der Waals surface area contributed by atoms with E-state index < -0.39 is 21.3 Å². The molecular formula is C19H26N4O5S. The minimum atomic E-state index is -3.33. The van der Waals surface area contributed by atoms with Crippen molar-refractivity contribution in [3.63, 3.8) is 0 Å². The van der Waals surface area contributed by atoms with Crippen LogP contribution >= 0.6 is 0 Å². The molecule has 1 aromatic rings. The number of fused-ring (bicyclic) bond motifs is 1. The van der Waals surface area contributed by atoms with Gasteiger partial charge in [0.25, 0.3) is 5.91 Å². The Morgan fingerprint density at radius 3 is 2.45 bits per heavy atom. The van der Waals surface area contributed by atoms with Crippen LogP contribution in [0.4, 0.5) is 5.69 Å². The normalized spacial score (nSPS) is 20.7. The molecule has 0 saturated carbocycles. The Bertz CT molecular complexity index is 907. The standard InChI is InChI=1S/C19H26N4O5S/c1-13(2)29(27,28)23-11-9-22(10-12-23)17(24)8-7-16-19(26)20-15-6-4-3-5-14(15)18(25)21-16/h3-6,13,16H,7-12H2,1-2H3,(H,20,26)(H,21,25)/t16-/m0/s1. The van der Waals surface area contributed by atoms with Crippen LogP contribution in [-0.4, -0.2) is 72.8 Å². The van der Waals surface area contributed by atoms with Crippen LogP contribution in [0.5, 0.6) is 0 Å². The lowest BCUT2D eigenvalue weighted by Gasteiger charge is -2.35. The van der Waals surface area contributed by atoms with Crippen molar-refractivity contribution < 1.29 is 22.8 Å². The molecule has 2 heterocycles. The van der Waals surface area contributed by atoms with E-state index in [1.807, 2.05) is 0 Å². The van der Waals surface area contributed by atoms with Gasteiger partial charge in [-0.3, -0.25) is 14.4 Å². The smallest absolute Gasteiger partial charge is 0.254 e. The van der Waals surface area contributed by atoms with Crippen LogP contribution < -0.4 is 10.6 Å². The highest BCUT2D eigenvalue weighted by Gasteiger charge is 2.32. The first-order chi connectivity index (χ1) is 13.7. The van der Waals surface area contributed by atoms with Gasteiger partial charge in [0.1, 0.15) is 6.04 Å². The lowest BCUT2D eigenvalue weighted by atomic mass is 10.1. The van der Waals surface area contributed by atoms with Crippen LogP contribution in [0.25, 0.3) is 0 Å². The molecule has 1 fully saturated rings. The monoisotopic (exact) mass is 422 g/mol. The molecule has 0 unspecified atom stereocenters. The van der Waals surface area contributed by atoms with Crippen LogP contribution in [0.15, 0.2) is 24.3 Å². The molecule has 29 heavy (non-hydrogen) atoms. The summed E-state index contributed by atoms with van der Waals surface area (Å²) in [6.45, 7) is 4.44. The average molecular weight is 423 g/mol. The summed E-state index contributed by atoms with van der Waals surface area (Å²) in [5.74, 6) is -0.872. The largest absolute Gasteiger partial charge is 0.340 e. The minimum Gasteiger partial charge on any atom is -0.340 e. The van der Waals surface area contributed by atoms with E-state index in [0.29, 0.717) is 24.3 Å². The van der Waals surface area contributed by atoms with Crippen LogP contribution in [0.3, 0.4) is 0 Å². The minimum absolute atomic E-state index is 0.0889. The highest BCUT2D eigenvalue weighted by molar-refractivity contribution is 7.89. The van der Waals surface area contributed by atoms with Crippen molar-refractivity contribution in [1.29, 1.82) is 0 Å². The molecule has 2 aliphatic heterocycles. The van der Waals surface area contributed by atoms with E-state index in [4.69, 9.17) is 0 Å². The number of carbonyl (C=O) groups excluding carboxylic acids is 3. The molecule has 0 bridgehead atoms. The zero-order valence-electron chi connectivity index (χ0n) is 16.6. The Labute approximate surface area is 170 Å². The van der Waals surface area contributed by atoms with Crippen molar-refractivity contribution in [2.24, 2.45) is 0 Å². The molecule has 2 N–H and O–H groups in total. The van der Waals surface area contributed by atoms with Crippen molar-refractivity contribution in [3.8, 4) is 0 Å². The van der Waals surface area contributed by atoms with Crippen LogP contribution in [0.1, 0.15) is 37.0 Å². The Hall–Kier alpha value is -2.46. The number of nitrogens with one attached hydrogen (secondary N) is 2. The van der Waals surface area contributed by atoms with Gasteiger partial charge in [0.15, 0.2) is 0 Å². The van der Waals surface area contributed by atoms with Gasteiger partial charge in [0.05, 0.1) is 16.5 Å². The fourth-order valence-electron chi connectivity index (χ4n) is 3.43. The molecule has 0 aromatic heterocycles. The third-order valence-corrected chi connectivity index (χ3v) is 7.52. The number of piperazine rings is 1. The number of hydrogen-bond donors (Lipinski definition) is 2. The van der Waals surface area contributed by atoms with Crippen molar-refractivity contribution in [2.45, 2.75) is 38.0 Å². The zero-order chi connectivity index (χ0) is 21.2. The van der Waals surface area contributed by atoms with Gasteiger partial charge in [-0.15, -0.1) is 0 Å². The second kappa shape index (κ2) is 8.50. The molecule has 1 atom stereocenters. The molecule has 2 aliphatic rings. The van der Waals surface area contributed by atoms with Crippen LogP contribution in [0, 0.1) is 0 Å². The SMILES string of the molecule is CC(C)S(=O)(=O)N1CCN(C(=O)CC[C@@H]2NC(=O)c3ccccc3NC2=O)CC1. The summed E-state index contributed by atoms with van der Waals surface area (Å²) in [5, 5.41) is 4.90. The van der Waals surface area contributed by atoms with E-state index in [1.165, 1.54) is 4.31 Å². The number of anilines is 1. The van der Waals surface area contributed by atoms with Gasteiger partial charge < -0.3 is 15.5 Å². The van der Waals surface area contributed by atoms with Crippen LogP contribution in [-0.2, 0) is 19.6 Å². The Morgan fingerprint density at radius 1 is 1.14 bits per heavy atom. The fourth-order valence-corrected chi connectivity index (χ4v) is 4.70. The maximum absolute atomic E-state index is 12.5. The van der Waals surface area contributed by atoms with Gasteiger partial charge in [-0.1, -0.05) is 12.1 Å². The van der Waals surface area contributed by atoms with Gasteiger partial charge >= 0.3 is 0 Å². The van der Waals surface area contributed by atoms with Crippen molar-refractivity contribution >= 4 is 33.4 Å². The Kier molecular flexibility index (Phi) is 6.23. The molecule has 1 aromatic carbocycles. The highest BCUT2D eigenvalue weighted by atomic mass is 32.2. The van der Waals surface area contributed by atoms with E-state index in [2.05, 4.69) is 10.6 Å². The predicted octanol–water partition coefficient (Wildman–Crippen LogP) is 0.400. The first-order valence-electron chi connectivity index (χ1n) is 9.67. The van der Waals surface area contributed by atoms with Gasteiger partial charge in [-0.05, 0) is 32.4 Å². The molecule has 0 radical (unpaired) electrons. The third kappa shape index (κ3) is 4.59. The fraction of sp³-hybridized carbons (Fsp3) is 0.526. The summed E-state index contributed by atoms with van der Waals surface area (Å²) in [6.07, 6.45) is 0.264. The molecular weight excluding hydrogens is 396 g/mol. The zero-order valence-corrected chi connectivity index (χ0v) is 17.4. The molecule has 9 nitrogen and oxygen atoms in total. The van der Waals surface area contributed by atoms with E-state index >= 15 is 0 Å². The molecule has 0 aliphatic carbocycles. The molecule has 3 rings (SSSR count). The van der Waals surface area contributed by atoms with E-state index in [1.54, 1.807) is 43.0 Å². The summed E-state index contributed by atoms with van der Waals surface area (Å²) in [7, 11) is -3.33. The molecule has 3 amide bonds. The first-order valence-corrected chi connectivity index (χ1v) is 11.2. The number of amides is 3. The number of carbonyl (C=O) groups is 3. The first kappa shape index (κ1) is 21.3. The lowest BCUT2D eigenvalue weighted by Crippen LogP contribution is -2.52. The number of hydrogen-bond acceptors (Lipinski definition) is 5. The predicted molar refractivity (Wildman–Crippen MR) is 108 cm³/mol. The second-order valence-corrected chi connectivity index (χ2v) is 9.96. The van der Waals surface area contributed by atoms with Gasteiger partial charge in [-0.25, -0.2) is 8.42 Å². The van der Waals surface area contributed by atoms with Crippen LogP contribution in [0.2, 0.25) is 0 Å². The quantitative estimate of drug-likeness (QED) is 0.713. The Balaban J connectivity index is 1.54. The summed E-state index contributed by atoms with van der Waals surface area (Å²) < 4.78 is 25.9. The summed E-state index contributed by atoms with van der Waals surface area (Å²) in [4.78, 5) is 38.9. The van der Waals surface area contributed by atoms with E-state index in [0.717, 1.165) is 0 Å². The maximum Gasteiger partial charge on any atom is 0.254 e. The number of sulfonamides is 1. The van der Waals surface area contributed by atoms with E-state index in [-0.39, 0.29) is 43.7 Å². The van der Waals surface area contributed by atoms with Gasteiger partial charge in [0.2, 0.25) is 21.8 Å². The van der Waals surface area contributed by atoms with E-state index in [9.17, 15) is 22.8 Å². The van der Waals surface area contributed by atoms with Crippen molar-refractivity contribution in [3.05, 3.63) is 29.8 Å². The number of rotatable bonds is 5. The topological polar surface area (TPSA) is 116 Å².